The largest absolute Gasteiger partial charge is 0.396 e. The Morgan fingerprint density at radius 2 is 2.00 bits per heavy atom. The summed E-state index contributed by atoms with van der Waals surface area (Å²) in [4.78, 5) is 11.9. The Morgan fingerprint density at radius 1 is 1.22 bits per heavy atom. The van der Waals surface area contributed by atoms with Crippen molar-refractivity contribution in [1.82, 2.24) is 0 Å². The smallest absolute Gasteiger partial charge is 0.255 e. The number of nitrogens with one attached hydrogen (secondary N) is 1. The zero-order valence-electron chi connectivity index (χ0n) is 9.28. The molecule has 2 aromatic rings. The Labute approximate surface area is 112 Å². The summed E-state index contributed by atoms with van der Waals surface area (Å²) in [5, 5.41) is 2.67. The zero-order chi connectivity index (χ0) is 13.1. The van der Waals surface area contributed by atoms with Gasteiger partial charge in [0.05, 0.1) is 5.69 Å². The van der Waals surface area contributed by atoms with Crippen molar-refractivity contribution in [3.63, 3.8) is 0 Å². The van der Waals surface area contributed by atoms with Gasteiger partial charge in [0.15, 0.2) is 0 Å². The van der Waals surface area contributed by atoms with Crippen molar-refractivity contribution in [1.29, 1.82) is 0 Å². The molecule has 2 rings (SSSR count). The number of nitrogen functional groups attached to an aromatic ring is 1. The molecule has 0 unspecified atom stereocenters. The molecule has 0 aromatic heterocycles. The maximum atomic E-state index is 13.2. The van der Waals surface area contributed by atoms with Crippen LogP contribution in [0.1, 0.15) is 10.4 Å². The van der Waals surface area contributed by atoms with E-state index in [2.05, 4.69) is 21.2 Å². The molecule has 0 saturated carbocycles. The van der Waals surface area contributed by atoms with Gasteiger partial charge < -0.3 is 11.1 Å². The minimum absolute atomic E-state index is 0.0222. The van der Waals surface area contributed by atoms with E-state index in [-0.39, 0.29) is 17.2 Å². The molecule has 0 spiro atoms. The fraction of sp³-hybridized carbons (Fsp3) is 0. The molecule has 3 N–H and O–H groups in total. The molecule has 92 valence electrons. The average Bonchev–Trinajstić information content (AvgIpc) is 2.32. The van der Waals surface area contributed by atoms with Gasteiger partial charge in [-0.15, -0.1) is 0 Å². The number of amides is 1. The molecule has 0 saturated heterocycles. The second-order valence-corrected chi connectivity index (χ2v) is 4.62. The van der Waals surface area contributed by atoms with Gasteiger partial charge in [0.2, 0.25) is 0 Å². The first-order valence-corrected chi connectivity index (χ1v) is 5.97. The van der Waals surface area contributed by atoms with Crippen molar-refractivity contribution in [2.75, 3.05) is 11.1 Å². The van der Waals surface area contributed by atoms with Crippen molar-refractivity contribution in [3.05, 3.63) is 58.3 Å². The third kappa shape index (κ3) is 2.87. The van der Waals surface area contributed by atoms with Gasteiger partial charge in [0, 0.05) is 15.7 Å². The lowest BCUT2D eigenvalue weighted by Gasteiger charge is -2.06. The minimum Gasteiger partial charge on any atom is -0.396 e. The van der Waals surface area contributed by atoms with Crippen molar-refractivity contribution in [2.24, 2.45) is 0 Å². The molecule has 0 aliphatic carbocycles. The number of carbonyl (C=O) groups excluding carboxylic acids is 1. The first kappa shape index (κ1) is 12.6. The number of halogens is 2. The highest BCUT2D eigenvalue weighted by Gasteiger charge is 2.08. The van der Waals surface area contributed by atoms with Gasteiger partial charge in [-0.2, -0.15) is 0 Å². The van der Waals surface area contributed by atoms with Crippen LogP contribution in [0.4, 0.5) is 15.8 Å². The molecule has 18 heavy (non-hydrogen) atoms. The number of anilines is 2. The van der Waals surface area contributed by atoms with Crippen LogP contribution in [-0.2, 0) is 0 Å². The molecule has 0 aliphatic rings. The fourth-order valence-corrected chi connectivity index (χ4v) is 1.84. The van der Waals surface area contributed by atoms with Gasteiger partial charge in [-0.3, -0.25) is 4.79 Å². The van der Waals surface area contributed by atoms with Crippen LogP contribution in [0.15, 0.2) is 46.9 Å². The van der Waals surface area contributed by atoms with Crippen LogP contribution in [0.2, 0.25) is 0 Å². The predicted molar refractivity (Wildman–Crippen MR) is 72.9 cm³/mol. The van der Waals surface area contributed by atoms with E-state index in [9.17, 15) is 9.18 Å². The molecular weight excluding hydrogens is 299 g/mol. The van der Waals surface area contributed by atoms with Crippen LogP contribution < -0.4 is 11.1 Å². The van der Waals surface area contributed by atoms with Gasteiger partial charge in [0.1, 0.15) is 5.82 Å². The number of rotatable bonds is 2. The summed E-state index contributed by atoms with van der Waals surface area (Å²) in [6.07, 6.45) is 0. The van der Waals surface area contributed by atoms with E-state index in [1.54, 1.807) is 18.2 Å². The Hall–Kier alpha value is -1.88. The maximum Gasteiger partial charge on any atom is 0.255 e. The summed E-state index contributed by atoms with van der Waals surface area (Å²) in [5.41, 5.74) is 6.23. The van der Waals surface area contributed by atoms with Crippen LogP contribution in [0.3, 0.4) is 0 Å². The Bertz CT molecular complexity index is 601. The van der Waals surface area contributed by atoms with Crippen molar-refractivity contribution in [3.8, 4) is 0 Å². The van der Waals surface area contributed by atoms with E-state index in [0.717, 1.165) is 10.5 Å². The zero-order valence-corrected chi connectivity index (χ0v) is 10.9. The average molecular weight is 309 g/mol. The lowest BCUT2D eigenvalue weighted by molar-refractivity contribution is 0.102. The quantitative estimate of drug-likeness (QED) is 0.835. The number of carbonyl (C=O) groups is 1. The molecule has 0 radical (unpaired) electrons. The standard InChI is InChI=1S/C13H10BrFN2O/c14-9-2-1-3-10(7-9)17-13(18)8-4-5-12(16)11(15)6-8/h1-7H,16H2,(H,17,18). The Kier molecular flexibility index (Phi) is 3.62. The Morgan fingerprint density at radius 3 is 2.67 bits per heavy atom. The van der Waals surface area contributed by atoms with E-state index >= 15 is 0 Å². The molecular formula is C13H10BrFN2O. The number of benzene rings is 2. The van der Waals surface area contributed by atoms with Gasteiger partial charge in [-0.25, -0.2) is 4.39 Å². The first-order valence-electron chi connectivity index (χ1n) is 5.18. The molecule has 5 heteroatoms. The topological polar surface area (TPSA) is 55.1 Å². The molecule has 2 aromatic carbocycles. The summed E-state index contributed by atoms with van der Waals surface area (Å²) in [6.45, 7) is 0. The third-order valence-corrected chi connectivity index (χ3v) is 2.84. The monoisotopic (exact) mass is 308 g/mol. The maximum absolute atomic E-state index is 13.2. The highest BCUT2D eigenvalue weighted by atomic mass is 79.9. The summed E-state index contributed by atoms with van der Waals surface area (Å²) in [7, 11) is 0. The lowest BCUT2D eigenvalue weighted by Crippen LogP contribution is -2.12. The van der Waals surface area contributed by atoms with E-state index < -0.39 is 5.82 Å². The van der Waals surface area contributed by atoms with Crippen LogP contribution in [0, 0.1) is 5.82 Å². The molecule has 0 aliphatic heterocycles. The molecule has 1 amide bonds. The third-order valence-electron chi connectivity index (χ3n) is 2.35. The van der Waals surface area contributed by atoms with Crippen molar-refractivity contribution >= 4 is 33.2 Å². The lowest BCUT2D eigenvalue weighted by atomic mass is 10.2. The predicted octanol–water partition coefficient (Wildman–Crippen LogP) is 3.42. The molecule has 0 atom stereocenters. The second-order valence-electron chi connectivity index (χ2n) is 3.70. The van der Waals surface area contributed by atoms with Crippen LogP contribution in [0.25, 0.3) is 0 Å². The molecule has 0 heterocycles. The SMILES string of the molecule is Nc1ccc(C(=O)Nc2cccc(Br)c2)cc1F. The summed E-state index contributed by atoms with van der Waals surface area (Å²) >= 11 is 3.30. The van der Waals surface area contributed by atoms with E-state index in [1.807, 2.05) is 6.07 Å². The minimum atomic E-state index is -0.600. The molecule has 3 nitrogen and oxygen atoms in total. The van der Waals surface area contributed by atoms with E-state index in [0.29, 0.717) is 5.69 Å². The summed E-state index contributed by atoms with van der Waals surface area (Å²) in [6, 6.07) is 11.1. The highest BCUT2D eigenvalue weighted by Crippen LogP contribution is 2.17. The van der Waals surface area contributed by atoms with E-state index in [4.69, 9.17) is 5.73 Å². The Balaban J connectivity index is 2.19. The summed E-state index contributed by atoms with van der Waals surface area (Å²) < 4.78 is 14.1. The van der Waals surface area contributed by atoms with Crippen LogP contribution in [0.5, 0.6) is 0 Å². The fourth-order valence-electron chi connectivity index (χ4n) is 1.44. The number of hydrogen-bond donors (Lipinski definition) is 2. The van der Waals surface area contributed by atoms with E-state index in [1.165, 1.54) is 12.1 Å². The van der Waals surface area contributed by atoms with Gasteiger partial charge in [0.25, 0.3) is 5.91 Å². The van der Waals surface area contributed by atoms with Gasteiger partial charge in [-0.05, 0) is 36.4 Å². The number of hydrogen-bond acceptors (Lipinski definition) is 2. The normalized spacial score (nSPS) is 10.1. The van der Waals surface area contributed by atoms with Crippen LogP contribution in [-0.4, -0.2) is 5.91 Å². The second kappa shape index (κ2) is 5.18. The van der Waals surface area contributed by atoms with Crippen molar-refractivity contribution in [2.45, 2.75) is 0 Å². The van der Waals surface area contributed by atoms with Gasteiger partial charge >= 0.3 is 0 Å². The van der Waals surface area contributed by atoms with Crippen molar-refractivity contribution < 1.29 is 9.18 Å². The molecule has 0 bridgehead atoms. The summed E-state index contributed by atoms with van der Waals surface area (Å²) in [5.74, 6) is -0.983. The number of nitrogens with two attached hydrogens (primary N) is 1. The van der Waals surface area contributed by atoms with Crippen LogP contribution >= 0.6 is 15.9 Å². The molecule has 0 fully saturated rings. The highest BCUT2D eigenvalue weighted by molar-refractivity contribution is 9.10. The first-order chi connectivity index (χ1) is 8.56. The van der Waals surface area contributed by atoms with Gasteiger partial charge in [-0.1, -0.05) is 22.0 Å².